The lowest BCUT2D eigenvalue weighted by Crippen LogP contribution is -1.94. The zero-order valence-corrected chi connectivity index (χ0v) is 10.9. The zero-order chi connectivity index (χ0) is 12.4. The van der Waals surface area contributed by atoms with Crippen LogP contribution in [0.2, 0.25) is 10.2 Å². The van der Waals surface area contributed by atoms with Crippen LogP contribution in [-0.2, 0) is 0 Å². The molecule has 0 spiro atoms. The van der Waals surface area contributed by atoms with E-state index in [2.05, 4.69) is 9.97 Å². The first-order chi connectivity index (χ1) is 8.06. The van der Waals surface area contributed by atoms with Crippen LogP contribution in [0.3, 0.4) is 0 Å². The third-order valence-corrected chi connectivity index (χ3v) is 2.67. The van der Waals surface area contributed by atoms with Gasteiger partial charge in [0.2, 0.25) is 5.88 Å². The molecule has 0 fully saturated rings. The van der Waals surface area contributed by atoms with E-state index in [1.807, 2.05) is 26.0 Å². The van der Waals surface area contributed by atoms with Gasteiger partial charge in [-0.25, -0.2) is 9.97 Å². The third kappa shape index (κ3) is 2.87. The number of halogens is 2. The van der Waals surface area contributed by atoms with Gasteiger partial charge in [-0.05, 0) is 37.1 Å². The molecule has 3 nitrogen and oxygen atoms in total. The Kier molecular flexibility index (Phi) is 3.50. The Morgan fingerprint density at radius 2 is 1.65 bits per heavy atom. The molecule has 0 saturated carbocycles. The van der Waals surface area contributed by atoms with Crippen LogP contribution in [0.25, 0.3) is 0 Å². The van der Waals surface area contributed by atoms with E-state index in [9.17, 15) is 0 Å². The number of ether oxygens (including phenoxy) is 1. The number of rotatable bonds is 2. The molecule has 0 unspecified atom stereocenters. The van der Waals surface area contributed by atoms with Crippen molar-refractivity contribution in [3.8, 4) is 11.6 Å². The van der Waals surface area contributed by atoms with Crippen LogP contribution in [0.5, 0.6) is 11.6 Å². The summed E-state index contributed by atoms with van der Waals surface area (Å²) in [7, 11) is 0. The van der Waals surface area contributed by atoms with Gasteiger partial charge in [-0.2, -0.15) is 0 Å². The zero-order valence-electron chi connectivity index (χ0n) is 9.37. The number of nitrogens with zero attached hydrogens (tertiary/aromatic N) is 2. The second-order valence-electron chi connectivity index (χ2n) is 3.65. The van der Waals surface area contributed by atoms with Crippen molar-refractivity contribution < 1.29 is 4.74 Å². The Bertz CT molecular complexity index is 535. The fourth-order valence-electron chi connectivity index (χ4n) is 1.54. The Morgan fingerprint density at radius 3 is 2.24 bits per heavy atom. The van der Waals surface area contributed by atoms with Gasteiger partial charge >= 0.3 is 0 Å². The maximum absolute atomic E-state index is 5.95. The highest BCUT2D eigenvalue weighted by Gasteiger charge is 2.08. The molecule has 1 aromatic carbocycles. The minimum Gasteiger partial charge on any atom is -0.438 e. The van der Waals surface area contributed by atoms with Crippen molar-refractivity contribution in [2.45, 2.75) is 13.8 Å². The molecule has 0 amide bonds. The van der Waals surface area contributed by atoms with Gasteiger partial charge < -0.3 is 4.74 Å². The van der Waals surface area contributed by atoms with Gasteiger partial charge in [0.25, 0.3) is 0 Å². The van der Waals surface area contributed by atoms with Crippen LogP contribution in [0.1, 0.15) is 11.1 Å². The van der Waals surface area contributed by atoms with Gasteiger partial charge in [0.05, 0.1) is 0 Å². The largest absolute Gasteiger partial charge is 0.438 e. The standard InChI is InChI=1S/C12H10Cl2N2O/c1-7-3-9(13)4-8(2)12(7)17-11-5-10(14)15-6-16-11/h3-6H,1-2H3. The average molecular weight is 269 g/mol. The minimum atomic E-state index is 0.347. The second kappa shape index (κ2) is 4.90. The molecular formula is C12H10Cl2N2O. The Hall–Kier alpha value is -1.32. The molecule has 0 aliphatic carbocycles. The van der Waals surface area contributed by atoms with Gasteiger partial charge in [-0.15, -0.1) is 0 Å². The van der Waals surface area contributed by atoms with Crippen LogP contribution in [0.4, 0.5) is 0 Å². The number of hydrogen-bond donors (Lipinski definition) is 0. The molecule has 0 bridgehead atoms. The molecule has 17 heavy (non-hydrogen) atoms. The molecule has 88 valence electrons. The van der Waals surface area contributed by atoms with Crippen molar-refractivity contribution in [3.05, 3.63) is 45.8 Å². The average Bonchev–Trinajstić information content (AvgIpc) is 2.23. The summed E-state index contributed by atoms with van der Waals surface area (Å²) in [5.41, 5.74) is 1.90. The summed E-state index contributed by atoms with van der Waals surface area (Å²) in [6.45, 7) is 3.86. The van der Waals surface area contributed by atoms with Gasteiger partial charge in [-0.1, -0.05) is 23.2 Å². The maximum atomic E-state index is 5.95. The van der Waals surface area contributed by atoms with Crippen molar-refractivity contribution in [1.82, 2.24) is 9.97 Å². The van der Waals surface area contributed by atoms with Crippen molar-refractivity contribution in [2.75, 3.05) is 0 Å². The topological polar surface area (TPSA) is 35.0 Å². The lowest BCUT2D eigenvalue weighted by molar-refractivity contribution is 0.454. The molecule has 0 saturated heterocycles. The monoisotopic (exact) mass is 268 g/mol. The van der Waals surface area contributed by atoms with E-state index >= 15 is 0 Å². The summed E-state index contributed by atoms with van der Waals surface area (Å²) in [6, 6.07) is 5.24. The molecule has 1 heterocycles. The molecule has 2 aromatic rings. The van der Waals surface area contributed by atoms with Crippen LogP contribution >= 0.6 is 23.2 Å². The van der Waals surface area contributed by atoms with E-state index in [0.717, 1.165) is 16.9 Å². The molecule has 0 radical (unpaired) electrons. The van der Waals surface area contributed by atoms with E-state index < -0.39 is 0 Å². The predicted octanol–water partition coefficient (Wildman–Crippen LogP) is 4.19. The van der Waals surface area contributed by atoms with Gasteiger partial charge in [0, 0.05) is 11.1 Å². The van der Waals surface area contributed by atoms with E-state index in [4.69, 9.17) is 27.9 Å². The van der Waals surface area contributed by atoms with Crippen LogP contribution in [0.15, 0.2) is 24.5 Å². The summed E-state index contributed by atoms with van der Waals surface area (Å²) in [5.74, 6) is 1.16. The van der Waals surface area contributed by atoms with Crippen molar-refractivity contribution in [3.63, 3.8) is 0 Å². The quantitative estimate of drug-likeness (QED) is 0.766. The van der Waals surface area contributed by atoms with Gasteiger partial charge in [-0.3, -0.25) is 0 Å². The Labute approximate surface area is 109 Å². The Balaban J connectivity index is 2.36. The fraction of sp³-hybridized carbons (Fsp3) is 0.167. The molecular weight excluding hydrogens is 259 g/mol. The first-order valence-corrected chi connectivity index (χ1v) is 5.74. The maximum Gasteiger partial charge on any atom is 0.223 e. The summed E-state index contributed by atoms with van der Waals surface area (Å²) in [6.07, 6.45) is 1.36. The number of benzene rings is 1. The molecule has 0 aliphatic rings. The van der Waals surface area contributed by atoms with Crippen molar-refractivity contribution in [1.29, 1.82) is 0 Å². The highest BCUT2D eigenvalue weighted by molar-refractivity contribution is 6.30. The summed E-state index contributed by atoms with van der Waals surface area (Å²) in [5, 5.41) is 1.03. The minimum absolute atomic E-state index is 0.347. The van der Waals surface area contributed by atoms with Crippen molar-refractivity contribution >= 4 is 23.2 Å². The number of aryl methyl sites for hydroxylation is 2. The molecule has 1 aromatic heterocycles. The third-order valence-electron chi connectivity index (χ3n) is 2.24. The summed E-state index contributed by atoms with van der Waals surface area (Å²) >= 11 is 11.7. The second-order valence-corrected chi connectivity index (χ2v) is 4.47. The predicted molar refractivity (Wildman–Crippen MR) is 68.0 cm³/mol. The summed E-state index contributed by atoms with van der Waals surface area (Å²) in [4.78, 5) is 7.78. The number of hydrogen-bond acceptors (Lipinski definition) is 3. The first-order valence-electron chi connectivity index (χ1n) is 4.98. The summed E-state index contributed by atoms with van der Waals surface area (Å²) < 4.78 is 5.68. The highest BCUT2D eigenvalue weighted by atomic mass is 35.5. The van der Waals surface area contributed by atoms with E-state index in [-0.39, 0.29) is 0 Å². The lowest BCUT2D eigenvalue weighted by Gasteiger charge is -2.11. The Morgan fingerprint density at radius 1 is 1.00 bits per heavy atom. The van der Waals surface area contributed by atoms with E-state index in [1.54, 1.807) is 6.07 Å². The van der Waals surface area contributed by atoms with Crippen molar-refractivity contribution in [2.24, 2.45) is 0 Å². The SMILES string of the molecule is Cc1cc(Cl)cc(C)c1Oc1cc(Cl)ncn1. The molecule has 0 N–H and O–H groups in total. The lowest BCUT2D eigenvalue weighted by atomic mass is 10.1. The van der Waals surface area contributed by atoms with Crippen LogP contribution in [0, 0.1) is 13.8 Å². The molecule has 2 rings (SSSR count). The van der Waals surface area contributed by atoms with E-state index in [0.29, 0.717) is 16.1 Å². The molecule has 0 atom stereocenters. The fourth-order valence-corrected chi connectivity index (χ4v) is 2.00. The molecule has 0 aliphatic heterocycles. The van der Waals surface area contributed by atoms with Crippen LogP contribution < -0.4 is 4.74 Å². The van der Waals surface area contributed by atoms with Gasteiger partial charge in [0.1, 0.15) is 17.2 Å². The normalized spacial score (nSPS) is 10.4. The van der Waals surface area contributed by atoms with E-state index in [1.165, 1.54) is 6.33 Å². The first kappa shape index (κ1) is 12.1. The number of aromatic nitrogens is 2. The molecule has 5 heteroatoms. The smallest absolute Gasteiger partial charge is 0.223 e. The van der Waals surface area contributed by atoms with Gasteiger partial charge in [0.15, 0.2) is 0 Å². The highest BCUT2D eigenvalue weighted by Crippen LogP contribution is 2.30. The van der Waals surface area contributed by atoms with Crippen LogP contribution in [-0.4, -0.2) is 9.97 Å².